The fourth-order valence-electron chi connectivity index (χ4n) is 3.27. The summed E-state index contributed by atoms with van der Waals surface area (Å²) in [6.07, 6.45) is -3.25. The molecule has 5 nitrogen and oxygen atoms in total. The van der Waals surface area contributed by atoms with Crippen molar-refractivity contribution in [2.75, 3.05) is 24.3 Å². The number of halogens is 3. The van der Waals surface area contributed by atoms with E-state index in [4.69, 9.17) is 0 Å². The molecule has 0 bridgehead atoms. The van der Waals surface area contributed by atoms with Crippen LogP contribution >= 0.6 is 0 Å². The van der Waals surface area contributed by atoms with Crippen molar-refractivity contribution in [3.8, 4) is 6.07 Å². The van der Waals surface area contributed by atoms with Gasteiger partial charge in [0.25, 0.3) is 5.91 Å². The molecule has 1 N–H and O–H groups in total. The number of nitrogens with zero attached hydrogens (tertiary/aromatic N) is 3. The predicted octanol–water partition coefficient (Wildman–Crippen LogP) is 5.39. The summed E-state index contributed by atoms with van der Waals surface area (Å²) >= 11 is 0. The number of carbonyl (C=O) groups is 1. The molecule has 0 saturated carbocycles. The fourth-order valence-corrected chi connectivity index (χ4v) is 3.27. The normalized spacial score (nSPS) is 12.1. The molecule has 0 aliphatic rings. The number of amides is 1. The third-order valence-corrected chi connectivity index (χ3v) is 4.90. The van der Waals surface area contributed by atoms with Gasteiger partial charge in [0, 0.05) is 37.7 Å². The number of nitrogens with one attached hydrogen (secondary N) is 1. The molecule has 0 spiro atoms. The molecule has 8 heteroatoms. The van der Waals surface area contributed by atoms with Gasteiger partial charge in [0.15, 0.2) is 0 Å². The van der Waals surface area contributed by atoms with Crippen LogP contribution in [0, 0.1) is 31.1 Å². The van der Waals surface area contributed by atoms with Gasteiger partial charge >= 0.3 is 6.18 Å². The summed E-state index contributed by atoms with van der Waals surface area (Å²) in [5.74, 6) is -0.481. The molecule has 0 atom stereocenters. The van der Waals surface area contributed by atoms with Crippen LogP contribution in [0.3, 0.4) is 0 Å². The Labute approximate surface area is 180 Å². The second-order valence-corrected chi connectivity index (χ2v) is 8.08. The van der Waals surface area contributed by atoms with E-state index < -0.39 is 23.3 Å². The lowest BCUT2D eigenvalue weighted by molar-refractivity contribution is -0.136. The first kappa shape index (κ1) is 24.1. The Morgan fingerprint density at radius 2 is 1.90 bits per heavy atom. The van der Waals surface area contributed by atoms with Gasteiger partial charge < -0.3 is 14.8 Å². The largest absolute Gasteiger partial charge is 0.418 e. The van der Waals surface area contributed by atoms with Gasteiger partial charge in [-0.15, -0.1) is 0 Å². The molecule has 0 aliphatic heterocycles. The summed E-state index contributed by atoms with van der Waals surface area (Å²) in [4.78, 5) is 14.2. The van der Waals surface area contributed by atoms with Gasteiger partial charge in [-0.3, -0.25) is 4.79 Å². The van der Waals surface area contributed by atoms with E-state index in [1.807, 2.05) is 19.9 Å². The van der Waals surface area contributed by atoms with E-state index in [0.29, 0.717) is 17.2 Å². The quantitative estimate of drug-likeness (QED) is 0.492. The highest BCUT2D eigenvalue weighted by atomic mass is 19.4. The van der Waals surface area contributed by atoms with E-state index in [9.17, 15) is 23.2 Å². The molecule has 1 amide bonds. The molecule has 1 aromatic carbocycles. The first-order chi connectivity index (χ1) is 14.3. The molecule has 1 heterocycles. The third kappa shape index (κ3) is 5.69. The van der Waals surface area contributed by atoms with Crippen molar-refractivity contribution in [1.29, 1.82) is 5.26 Å². The number of benzene rings is 1. The monoisotopic (exact) mass is 432 g/mol. The molecule has 0 saturated heterocycles. The lowest BCUT2D eigenvalue weighted by Crippen LogP contribution is -2.19. The highest BCUT2D eigenvalue weighted by Crippen LogP contribution is 2.37. The molecule has 166 valence electrons. The van der Waals surface area contributed by atoms with E-state index in [-0.39, 0.29) is 5.57 Å². The first-order valence-corrected chi connectivity index (χ1v) is 9.83. The lowest BCUT2D eigenvalue weighted by Gasteiger charge is -2.18. The number of nitriles is 1. The highest BCUT2D eigenvalue weighted by molar-refractivity contribution is 6.10. The zero-order valence-electron chi connectivity index (χ0n) is 18.6. The van der Waals surface area contributed by atoms with E-state index >= 15 is 0 Å². The van der Waals surface area contributed by atoms with Crippen LogP contribution in [-0.2, 0) is 17.5 Å². The van der Waals surface area contributed by atoms with E-state index in [1.54, 1.807) is 20.2 Å². The van der Waals surface area contributed by atoms with Crippen molar-refractivity contribution in [2.24, 2.45) is 5.92 Å². The first-order valence-electron chi connectivity index (χ1n) is 9.83. The number of rotatable bonds is 6. The predicted molar refractivity (Wildman–Crippen MR) is 117 cm³/mol. The van der Waals surface area contributed by atoms with Crippen molar-refractivity contribution in [3.63, 3.8) is 0 Å². The van der Waals surface area contributed by atoms with Crippen molar-refractivity contribution >= 4 is 23.4 Å². The second kappa shape index (κ2) is 9.29. The number of anilines is 2. The Morgan fingerprint density at radius 3 is 2.42 bits per heavy atom. The number of carbonyl (C=O) groups excluding carboxylic acids is 1. The van der Waals surface area contributed by atoms with Crippen LogP contribution in [0.1, 0.15) is 36.4 Å². The van der Waals surface area contributed by atoms with Crippen molar-refractivity contribution in [2.45, 2.75) is 40.4 Å². The number of hydrogen-bond acceptors (Lipinski definition) is 3. The van der Waals surface area contributed by atoms with Gasteiger partial charge in [0.1, 0.15) is 11.6 Å². The number of alkyl halides is 3. The standard InChI is InChI=1S/C23H27F3N4O/c1-14(2)13-30-15(3)9-17(16(30)4)10-18(12-27)22(31)28-21-8-7-19(29(5)6)11-20(21)23(24,25)26/h7-11,14H,13H2,1-6H3,(H,28,31)/b18-10+. The van der Waals surface area contributed by atoms with Gasteiger partial charge in [-0.1, -0.05) is 13.8 Å². The molecule has 0 aliphatic carbocycles. The Balaban J connectivity index is 2.40. The maximum atomic E-state index is 13.5. The maximum Gasteiger partial charge on any atom is 0.418 e. The Kier molecular flexibility index (Phi) is 7.21. The zero-order chi connectivity index (χ0) is 23.5. The number of hydrogen-bond donors (Lipinski definition) is 1. The minimum absolute atomic E-state index is 0.269. The average Bonchev–Trinajstić information content (AvgIpc) is 2.92. The average molecular weight is 432 g/mol. The lowest BCUT2D eigenvalue weighted by atomic mass is 10.1. The molecular formula is C23H27F3N4O. The van der Waals surface area contributed by atoms with E-state index in [0.717, 1.165) is 24.0 Å². The van der Waals surface area contributed by atoms with Crippen molar-refractivity contribution in [3.05, 3.63) is 52.4 Å². The van der Waals surface area contributed by atoms with Crippen LogP contribution < -0.4 is 10.2 Å². The minimum atomic E-state index is -4.66. The van der Waals surface area contributed by atoms with Crippen molar-refractivity contribution < 1.29 is 18.0 Å². The Morgan fingerprint density at radius 1 is 1.26 bits per heavy atom. The zero-order valence-corrected chi connectivity index (χ0v) is 18.6. The number of aromatic nitrogens is 1. The smallest absolute Gasteiger partial charge is 0.378 e. The van der Waals surface area contributed by atoms with Crippen LogP contribution in [0.2, 0.25) is 0 Å². The minimum Gasteiger partial charge on any atom is -0.378 e. The van der Waals surface area contributed by atoms with Gasteiger partial charge in [0.2, 0.25) is 0 Å². The van der Waals surface area contributed by atoms with Gasteiger partial charge in [-0.2, -0.15) is 18.4 Å². The fraction of sp³-hybridized carbons (Fsp3) is 0.391. The summed E-state index contributed by atoms with van der Waals surface area (Å²) in [6, 6.07) is 7.29. The maximum absolute atomic E-state index is 13.5. The molecule has 2 aromatic rings. The summed E-state index contributed by atoms with van der Waals surface area (Å²) in [5, 5.41) is 11.7. The molecule has 0 fully saturated rings. The van der Waals surface area contributed by atoms with Crippen molar-refractivity contribution in [1.82, 2.24) is 4.57 Å². The highest BCUT2D eigenvalue weighted by Gasteiger charge is 2.34. The Hall–Kier alpha value is -3.21. The van der Waals surface area contributed by atoms with Gasteiger partial charge in [-0.25, -0.2) is 0 Å². The topological polar surface area (TPSA) is 61.1 Å². The summed E-state index contributed by atoms with van der Waals surface area (Å²) in [5.41, 5.74) is 1.26. The van der Waals surface area contributed by atoms with Crippen LogP contribution in [0.15, 0.2) is 29.8 Å². The molecule has 2 rings (SSSR count). The van der Waals surface area contributed by atoms with Gasteiger partial charge in [0.05, 0.1) is 11.3 Å². The van der Waals surface area contributed by atoms with Gasteiger partial charge in [-0.05, 0) is 55.7 Å². The van der Waals surface area contributed by atoms with Crippen LogP contribution in [0.25, 0.3) is 6.08 Å². The number of aryl methyl sites for hydroxylation is 1. The summed E-state index contributed by atoms with van der Waals surface area (Å²) in [7, 11) is 3.25. The Bertz CT molecular complexity index is 1040. The summed E-state index contributed by atoms with van der Waals surface area (Å²) < 4.78 is 42.7. The van der Waals surface area contributed by atoms with E-state index in [2.05, 4.69) is 23.7 Å². The molecule has 31 heavy (non-hydrogen) atoms. The SMILES string of the molecule is Cc1cc(/C=C(\C#N)C(=O)Nc2ccc(N(C)C)cc2C(F)(F)F)c(C)n1CC(C)C. The molecular weight excluding hydrogens is 405 g/mol. The van der Waals surface area contributed by atoms with Crippen LogP contribution in [0.5, 0.6) is 0 Å². The molecule has 0 unspecified atom stereocenters. The second-order valence-electron chi connectivity index (χ2n) is 8.08. The summed E-state index contributed by atoms with van der Waals surface area (Å²) in [6.45, 7) is 8.77. The van der Waals surface area contributed by atoms with Crippen LogP contribution in [0.4, 0.5) is 24.5 Å². The molecule has 1 aromatic heterocycles. The third-order valence-electron chi connectivity index (χ3n) is 4.90. The van der Waals surface area contributed by atoms with Crippen LogP contribution in [-0.4, -0.2) is 24.6 Å². The van der Waals surface area contributed by atoms with E-state index in [1.165, 1.54) is 23.1 Å². The molecule has 0 radical (unpaired) electrons.